The summed E-state index contributed by atoms with van der Waals surface area (Å²) in [7, 11) is 0. The molecule has 1 saturated carbocycles. The molecule has 4 atom stereocenters. The zero-order valence-electron chi connectivity index (χ0n) is 16.6. The minimum Gasteiger partial charge on any atom is -0.393 e. The van der Waals surface area contributed by atoms with E-state index >= 15 is 0 Å². The Hall–Kier alpha value is -3.10. The third kappa shape index (κ3) is 4.50. The number of amides is 1. The van der Waals surface area contributed by atoms with Crippen molar-refractivity contribution in [1.29, 1.82) is 5.26 Å². The summed E-state index contributed by atoms with van der Waals surface area (Å²) in [6.45, 7) is 0.662. The largest absolute Gasteiger partial charge is 0.421 e. The van der Waals surface area contributed by atoms with Gasteiger partial charge in [-0.1, -0.05) is 12.1 Å². The summed E-state index contributed by atoms with van der Waals surface area (Å²) < 4.78 is 40.5. The lowest BCUT2D eigenvalue weighted by atomic mass is 9.84. The summed E-state index contributed by atoms with van der Waals surface area (Å²) in [5.74, 6) is -1.18. The molecule has 1 aliphatic rings. The smallest absolute Gasteiger partial charge is 0.393 e. The van der Waals surface area contributed by atoms with Gasteiger partial charge in [0.1, 0.15) is 5.56 Å². The van der Waals surface area contributed by atoms with Crippen LogP contribution < -0.4 is 11.1 Å². The molecule has 1 fully saturated rings. The van der Waals surface area contributed by atoms with Crippen molar-refractivity contribution in [3.05, 3.63) is 41.6 Å². The number of nitriles is 1. The van der Waals surface area contributed by atoms with Gasteiger partial charge in [0, 0.05) is 11.9 Å². The van der Waals surface area contributed by atoms with E-state index < -0.39 is 29.7 Å². The van der Waals surface area contributed by atoms with Crippen molar-refractivity contribution in [2.24, 2.45) is 11.7 Å². The van der Waals surface area contributed by atoms with Crippen LogP contribution in [0.1, 0.15) is 48.1 Å². The molecule has 0 spiro atoms. The van der Waals surface area contributed by atoms with Crippen molar-refractivity contribution >= 4 is 17.4 Å². The maximum Gasteiger partial charge on any atom is 0.421 e. The summed E-state index contributed by atoms with van der Waals surface area (Å²) in [4.78, 5) is 11.9. The van der Waals surface area contributed by atoms with Gasteiger partial charge in [-0.05, 0) is 43.9 Å². The Bertz CT molecular complexity index is 995. The van der Waals surface area contributed by atoms with Crippen LogP contribution in [0.5, 0.6) is 0 Å². The zero-order valence-corrected chi connectivity index (χ0v) is 16.6. The number of nitrogens with zero attached hydrogens (tertiary/aromatic N) is 3. The number of nitrogens with two attached hydrogens (primary N) is 1. The number of primary amides is 1. The Balaban J connectivity index is 1.87. The lowest BCUT2D eigenvalue weighted by Crippen LogP contribution is -2.39. The molecule has 1 heterocycles. The molecular formula is C20H22F3N5O3. The van der Waals surface area contributed by atoms with Crippen LogP contribution in [0.25, 0.3) is 0 Å². The fourth-order valence-electron chi connectivity index (χ4n) is 3.60. The lowest BCUT2D eigenvalue weighted by Gasteiger charge is -2.30. The van der Waals surface area contributed by atoms with Gasteiger partial charge in [-0.3, -0.25) is 9.48 Å². The van der Waals surface area contributed by atoms with Crippen molar-refractivity contribution in [2.75, 3.05) is 5.32 Å². The number of benzene rings is 1. The summed E-state index contributed by atoms with van der Waals surface area (Å²) in [5, 5.41) is 36.1. The minimum absolute atomic E-state index is 0.0502. The van der Waals surface area contributed by atoms with Gasteiger partial charge >= 0.3 is 6.18 Å². The number of hydrogen-bond acceptors (Lipinski definition) is 6. The topological polar surface area (TPSA) is 137 Å². The molecule has 2 aromatic rings. The number of aliphatic hydroxyl groups excluding tert-OH is 1. The molecular weight excluding hydrogens is 415 g/mol. The monoisotopic (exact) mass is 437 g/mol. The van der Waals surface area contributed by atoms with Gasteiger partial charge in [0.25, 0.3) is 5.91 Å². The highest BCUT2D eigenvalue weighted by molar-refractivity contribution is 5.98. The van der Waals surface area contributed by atoms with E-state index in [-0.39, 0.29) is 29.4 Å². The van der Waals surface area contributed by atoms with Gasteiger partial charge in [-0.2, -0.15) is 23.5 Å². The van der Waals surface area contributed by atoms with Crippen molar-refractivity contribution < 1.29 is 28.2 Å². The van der Waals surface area contributed by atoms with E-state index in [0.717, 1.165) is 12.1 Å². The van der Waals surface area contributed by atoms with Gasteiger partial charge in [-0.25, -0.2) is 0 Å². The van der Waals surface area contributed by atoms with Crippen LogP contribution in [-0.2, 0) is 5.60 Å². The molecule has 0 radical (unpaired) electrons. The average Bonchev–Trinajstić information content (AvgIpc) is 3.11. The van der Waals surface area contributed by atoms with Crippen LogP contribution in [0.4, 0.5) is 24.7 Å². The van der Waals surface area contributed by atoms with E-state index in [9.17, 15) is 33.4 Å². The second-order valence-corrected chi connectivity index (χ2v) is 7.78. The highest BCUT2D eigenvalue weighted by Crippen LogP contribution is 2.39. The molecule has 0 saturated heterocycles. The summed E-state index contributed by atoms with van der Waals surface area (Å²) >= 11 is 0. The Morgan fingerprint density at radius 1 is 1.32 bits per heavy atom. The number of alkyl halides is 3. The van der Waals surface area contributed by atoms with E-state index in [4.69, 9.17) is 5.73 Å². The van der Waals surface area contributed by atoms with Crippen LogP contribution in [0.15, 0.2) is 30.5 Å². The number of aromatic nitrogens is 2. The third-order valence-electron chi connectivity index (χ3n) is 5.55. The highest BCUT2D eigenvalue weighted by atomic mass is 19.4. The molecule has 0 bridgehead atoms. The maximum atomic E-state index is 13.0. The molecule has 166 valence electrons. The number of anilines is 2. The first kappa shape index (κ1) is 22.6. The number of carbonyl (C=O) groups is 1. The van der Waals surface area contributed by atoms with Crippen molar-refractivity contribution in [1.82, 2.24) is 9.78 Å². The molecule has 1 aliphatic carbocycles. The quantitative estimate of drug-likeness (QED) is 0.568. The Morgan fingerprint density at radius 3 is 2.52 bits per heavy atom. The molecule has 1 aromatic carbocycles. The fourth-order valence-corrected chi connectivity index (χ4v) is 3.60. The standard InChI is InChI=1S/C20H22F3N5O3/c1-19(31,20(21,22)23)12-2-4-13(5-3-12)26-18-15(17(25)30)10-28(27-18)16-7-6-14(29)8-11(16)9-24/h2-5,10-11,14,16,29,31H,6-8H2,1H3,(H2,25,30)(H,26,27)/t11?,14?,16?,19-/m1/s1. The average molecular weight is 437 g/mol. The second kappa shape index (κ2) is 8.20. The first-order valence-corrected chi connectivity index (χ1v) is 9.57. The van der Waals surface area contributed by atoms with Crippen molar-refractivity contribution in [3.8, 4) is 6.07 Å². The molecule has 0 aliphatic heterocycles. The number of hydrogen-bond donors (Lipinski definition) is 4. The van der Waals surface area contributed by atoms with Gasteiger partial charge in [0.05, 0.1) is 24.1 Å². The normalized spacial score (nSPS) is 23.6. The van der Waals surface area contributed by atoms with Crippen LogP contribution in [-0.4, -0.2) is 38.2 Å². The molecule has 31 heavy (non-hydrogen) atoms. The lowest BCUT2D eigenvalue weighted by molar-refractivity contribution is -0.258. The predicted molar refractivity (Wildman–Crippen MR) is 104 cm³/mol. The minimum atomic E-state index is -4.84. The Morgan fingerprint density at radius 2 is 1.97 bits per heavy atom. The van der Waals surface area contributed by atoms with Gasteiger partial charge in [-0.15, -0.1) is 0 Å². The van der Waals surface area contributed by atoms with Crippen LogP contribution in [0, 0.1) is 17.2 Å². The molecule has 1 amide bonds. The molecule has 1 aromatic heterocycles. The van der Waals surface area contributed by atoms with Gasteiger partial charge in [0.15, 0.2) is 11.4 Å². The highest BCUT2D eigenvalue weighted by Gasteiger charge is 2.51. The fraction of sp³-hybridized carbons (Fsp3) is 0.450. The molecule has 11 heteroatoms. The van der Waals surface area contributed by atoms with Crippen molar-refractivity contribution in [2.45, 2.75) is 50.1 Å². The van der Waals surface area contributed by atoms with Gasteiger partial charge in [0.2, 0.25) is 0 Å². The number of aliphatic hydroxyl groups is 2. The molecule has 3 rings (SSSR count). The summed E-state index contributed by atoms with van der Waals surface area (Å²) in [6, 6.07) is 6.65. The first-order chi connectivity index (χ1) is 14.4. The van der Waals surface area contributed by atoms with Crippen molar-refractivity contribution in [3.63, 3.8) is 0 Å². The Labute approximate surface area is 176 Å². The number of rotatable bonds is 5. The van der Waals surface area contributed by atoms with E-state index in [1.807, 2.05) is 0 Å². The van der Waals surface area contributed by atoms with E-state index in [1.165, 1.54) is 23.0 Å². The van der Waals surface area contributed by atoms with Crippen LogP contribution >= 0.6 is 0 Å². The zero-order chi connectivity index (χ0) is 23.0. The number of carbonyl (C=O) groups excluding carboxylic acids is 1. The number of nitrogens with one attached hydrogen (secondary N) is 1. The molecule has 8 nitrogen and oxygen atoms in total. The Kier molecular flexibility index (Phi) is 5.98. The van der Waals surface area contributed by atoms with Gasteiger partial charge < -0.3 is 21.3 Å². The third-order valence-corrected chi connectivity index (χ3v) is 5.55. The second-order valence-electron chi connectivity index (χ2n) is 7.78. The van der Waals surface area contributed by atoms with E-state index in [2.05, 4.69) is 16.5 Å². The molecule has 3 unspecified atom stereocenters. The van der Waals surface area contributed by atoms with Crippen LogP contribution in [0.2, 0.25) is 0 Å². The first-order valence-electron chi connectivity index (χ1n) is 9.57. The maximum absolute atomic E-state index is 13.0. The summed E-state index contributed by atoms with van der Waals surface area (Å²) in [6.07, 6.45) is -2.74. The summed E-state index contributed by atoms with van der Waals surface area (Å²) in [5.41, 5.74) is 2.45. The van der Waals surface area contributed by atoms with E-state index in [1.54, 1.807) is 0 Å². The number of halogens is 3. The van der Waals surface area contributed by atoms with E-state index in [0.29, 0.717) is 25.5 Å². The SMILES string of the molecule is C[C@@](O)(c1ccc(Nc2nn(C3CCC(O)CC3C#N)cc2C(N)=O)cc1)C(F)(F)F. The molecule has 5 N–H and O–H groups in total. The van der Waals surface area contributed by atoms with Crippen LogP contribution in [0.3, 0.4) is 0 Å². The predicted octanol–water partition coefficient (Wildman–Crippen LogP) is 2.72.